The van der Waals surface area contributed by atoms with E-state index in [9.17, 15) is 4.79 Å². The summed E-state index contributed by atoms with van der Waals surface area (Å²) in [5, 5.41) is 1.95. The predicted octanol–water partition coefficient (Wildman–Crippen LogP) is 4.85. The highest BCUT2D eigenvalue weighted by molar-refractivity contribution is 6.30. The predicted molar refractivity (Wildman–Crippen MR) is 102 cm³/mol. The second kappa shape index (κ2) is 6.57. The number of para-hydroxylation sites is 1. The summed E-state index contributed by atoms with van der Waals surface area (Å²) in [6.45, 7) is 1.58. The van der Waals surface area contributed by atoms with E-state index in [-0.39, 0.29) is 5.91 Å². The van der Waals surface area contributed by atoms with E-state index in [1.54, 1.807) is 12.1 Å². The molecule has 1 fully saturated rings. The summed E-state index contributed by atoms with van der Waals surface area (Å²) in [7, 11) is 2.10. The fourth-order valence-corrected chi connectivity index (χ4v) is 4.09. The monoisotopic (exact) mass is 352 g/mol. The molecule has 1 aliphatic heterocycles. The Morgan fingerprint density at radius 2 is 1.84 bits per heavy atom. The van der Waals surface area contributed by atoms with Gasteiger partial charge in [0.2, 0.25) is 0 Å². The summed E-state index contributed by atoms with van der Waals surface area (Å²) < 4.78 is 2.20. The number of aryl methyl sites for hydroxylation is 1. The van der Waals surface area contributed by atoms with E-state index >= 15 is 0 Å². The average molecular weight is 353 g/mol. The van der Waals surface area contributed by atoms with Crippen LogP contribution >= 0.6 is 11.6 Å². The van der Waals surface area contributed by atoms with Crippen molar-refractivity contribution in [2.45, 2.75) is 18.8 Å². The van der Waals surface area contributed by atoms with Gasteiger partial charge in [0, 0.05) is 47.8 Å². The number of hydrogen-bond acceptors (Lipinski definition) is 1. The summed E-state index contributed by atoms with van der Waals surface area (Å²) in [6, 6.07) is 15.8. The molecule has 2 aromatic carbocycles. The van der Waals surface area contributed by atoms with Crippen LogP contribution in [0.2, 0.25) is 5.02 Å². The van der Waals surface area contributed by atoms with Crippen molar-refractivity contribution < 1.29 is 4.79 Å². The van der Waals surface area contributed by atoms with Crippen molar-refractivity contribution >= 4 is 28.4 Å². The molecule has 0 unspecified atom stereocenters. The largest absolute Gasteiger partial charge is 0.350 e. The first-order valence-corrected chi connectivity index (χ1v) is 9.10. The maximum atomic E-state index is 12.7. The van der Waals surface area contributed by atoms with Gasteiger partial charge in [-0.25, -0.2) is 0 Å². The van der Waals surface area contributed by atoms with Gasteiger partial charge in [-0.15, -0.1) is 0 Å². The zero-order chi connectivity index (χ0) is 17.4. The number of likely N-dealkylation sites (tertiary alicyclic amines) is 1. The molecule has 0 N–H and O–H groups in total. The highest BCUT2D eigenvalue weighted by atomic mass is 35.5. The Bertz CT molecular complexity index is 923. The van der Waals surface area contributed by atoms with E-state index in [2.05, 4.69) is 42.1 Å². The molecular weight excluding hydrogens is 332 g/mol. The molecule has 1 saturated heterocycles. The van der Waals surface area contributed by atoms with Crippen LogP contribution in [-0.4, -0.2) is 28.5 Å². The first kappa shape index (κ1) is 16.2. The van der Waals surface area contributed by atoms with Gasteiger partial charge in [0.1, 0.15) is 0 Å². The van der Waals surface area contributed by atoms with E-state index in [4.69, 9.17) is 11.6 Å². The van der Waals surface area contributed by atoms with Crippen molar-refractivity contribution in [3.63, 3.8) is 0 Å². The van der Waals surface area contributed by atoms with Gasteiger partial charge >= 0.3 is 0 Å². The van der Waals surface area contributed by atoms with Gasteiger partial charge in [0.15, 0.2) is 0 Å². The number of carbonyl (C=O) groups is 1. The van der Waals surface area contributed by atoms with Crippen LogP contribution in [-0.2, 0) is 7.05 Å². The highest BCUT2D eigenvalue weighted by Gasteiger charge is 2.26. The molecule has 3 nitrogen and oxygen atoms in total. The maximum Gasteiger partial charge on any atom is 0.253 e. The fourth-order valence-electron chi connectivity index (χ4n) is 3.90. The molecule has 0 spiro atoms. The lowest BCUT2D eigenvalue weighted by atomic mass is 9.89. The van der Waals surface area contributed by atoms with Crippen molar-refractivity contribution in [3.8, 4) is 0 Å². The molecule has 2 heterocycles. The first-order chi connectivity index (χ1) is 12.1. The summed E-state index contributed by atoms with van der Waals surface area (Å²) in [4.78, 5) is 14.6. The smallest absolute Gasteiger partial charge is 0.253 e. The maximum absolute atomic E-state index is 12.7. The van der Waals surface area contributed by atoms with Crippen molar-refractivity contribution in [2.24, 2.45) is 7.05 Å². The van der Waals surface area contributed by atoms with E-state index < -0.39 is 0 Å². The van der Waals surface area contributed by atoms with Crippen LogP contribution < -0.4 is 0 Å². The minimum Gasteiger partial charge on any atom is -0.350 e. The Morgan fingerprint density at radius 1 is 1.08 bits per heavy atom. The van der Waals surface area contributed by atoms with Gasteiger partial charge in [-0.2, -0.15) is 0 Å². The standard InChI is InChI=1S/C21H21ClN2O/c1-23-14-19(18-7-2-3-8-20(18)23)15-9-11-24(12-10-15)21(25)16-5-4-6-17(22)13-16/h2-8,13-15H,9-12H2,1H3. The zero-order valence-electron chi connectivity index (χ0n) is 14.3. The molecule has 1 amide bonds. The van der Waals surface area contributed by atoms with E-state index in [0.29, 0.717) is 16.5 Å². The number of rotatable bonds is 2. The third-order valence-corrected chi connectivity index (χ3v) is 5.46. The third-order valence-electron chi connectivity index (χ3n) is 5.22. The van der Waals surface area contributed by atoms with Gasteiger partial charge in [-0.05, 0) is 48.6 Å². The minimum absolute atomic E-state index is 0.0823. The topological polar surface area (TPSA) is 25.2 Å². The molecule has 128 valence electrons. The Morgan fingerprint density at radius 3 is 2.60 bits per heavy atom. The van der Waals surface area contributed by atoms with Gasteiger partial charge in [0.25, 0.3) is 5.91 Å². The summed E-state index contributed by atoms with van der Waals surface area (Å²) >= 11 is 6.02. The lowest BCUT2D eigenvalue weighted by Crippen LogP contribution is -2.37. The number of hydrogen-bond donors (Lipinski definition) is 0. The van der Waals surface area contributed by atoms with Crippen molar-refractivity contribution in [1.29, 1.82) is 0 Å². The molecule has 1 aliphatic rings. The molecule has 0 bridgehead atoms. The molecule has 0 aliphatic carbocycles. The van der Waals surface area contributed by atoms with Crippen molar-refractivity contribution in [2.75, 3.05) is 13.1 Å². The van der Waals surface area contributed by atoms with Crippen LogP contribution in [0.5, 0.6) is 0 Å². The summed E-state index contributed by atoms with van der Waals surface area (Å²) in [5.41, 5.74) is 3.36. The van der Waals surface area contributed by atoms with Gasteiger partial charge in [-0.3, -0.25) is 4.79 Å². The minimum atomic E-state index is 0.0823. The van der Waals surface area contributed by atoms with Crippen molar-refractivity contribution in [1.82, 2.24) is 9.47 Å². The Labute approximate surface area is 152 Å². The van der Waals surface area contributed by atoms with Crippen LogP contribution in [0.4, 0.5) is 0 Å². The summed E-state index contributed by atoms with van der Waals surface area (Å²) in [6.07, 6.45) is 4.25. The lowest BCUT2D eigenvalue weighted by molar-refractivity contribution is 0.0713. The Kier molecular flexibility index (Phi) is 4.26. The Hall–Kier alpha value is -2.26. The van der Waals surface area contributed by atoms with E-state index in [0.717, 1.165) is 25.9 Å². The SMILES string of the molecule is Cn1cc(C2CCN(C(=O)c3cccc(Cl)c3)CC2)c2ccccc21. The molecule has 4 heteroatoms. The van der Waals surface area contributed by atoms with Crippen LogP contribution in [0.15, 0.2) is 54.7 Å². The van der Waals surface area contributed by atoms with Crippen LogP contribution in [0.1, 0.15) is 34.7 Å². The molecule has 4 rings (SSSR count). The van der Waals surface area contributed by atoms with Gasteiger partial charge < -0.3 is 9.47 Å². The van der Waals surface area contributed by atoms with Gasteiger partial charge in [-0.1, -0.05) is 35.9 Å². The number of nitrogens with zero attached hydrogens (tertiary/aromatic N) is 2. The number of aromatic nitrogens is 1. The fraction of sp³-hybridized carbons (Fsp3) is 0.286. The van der Waals surface area contributed by atoms with Gasteiger partial charge in [0.05, 0.1) is 0 Å². The van der Waals surface area contributed by atoms with Crippen LogP contribution in [0.3, 0.4) is 0 Å². The molecule has 0 radical (unpaired) electrons. The Balaban J connectivity index is 1.50. The number of amides is 1. The first-order valence-electron chi connectivity index (χ1n) is 8.72. The third kappa shape index (κ3) is 3.05. The highest BCUT2D eigenvalue weighted by Crippen LogP contribution is 2.34. The number of piperidine rings is 1. The normalized spacial score (nSPS) is 15.7. The van der Waals surface area contributed by atoms with Crippen LogP contribution in [0, 0.1) is 0 Å². The summed E-state index contributed by atoms with van der Waals surface area (Å²) in [5.74, 6) is 0.591. The van der Waals surface area contributed by atoms with Crippen LogP contribution in [0.25, 0.3) is 10.9 Å². The van der Waals surface area contributed by atoms with E-state index in [1.807, 2.05) is 17.0 Å². The molecule has 0 atom stereocenters. The number of fused-ring (bicyclic) bond motifs is 1. The molecule has 3 aromatic rings. The molecule has 25 heavy (non-hydrogen) atoms. The average Bonchev–Trinajstić information content (AvgIpc) is 2.98. The lowest BCUT2D eigenvalue weighted by Gasteiger charge is -2.32. The second-order valence-corrected chi connectivity index (χ2v) is 7.23. The second-order valence-electron chi connectivity index (χ2n) is 6.79. The quantitative estimate of drug-likeness (QED) is 0.647. The number of benzene rings is 2. The van der Waals surface area contributed by atoms with Crippen molar-refractivity contribution in [3.05, 3.63) is 70.9 Å². The molecular formula is C21H21ClN2O. The number of carbonyl (C=O) groups excluding carboxylic acids is 1. The number of halogens is 1. The molecule has 0 saturated carbocycles. The zero-order valence-corrected chi connectivity index (χ0v) is 15.0. The van der Waals surface area contributed by atoms with E-state index in [1.165, 1.54) is 16.5 Å². The molecule has 1 aromatic heterocycles.